The molecule has 2 aromatic carbocycles. The Balaban J connectivity index is 1.40. The monoisotopic (exact) mass is 351 g/mol. The summed E-state index contributed by atoms with van der Waals surface area (Å²) in [4.78, 5) is 4.42. The van der Waals surface area contributed by atoms with Crippen LogP contribution < -0.4 is 24.8 Å². The van der Waals surface area contributed by atoms with Crippen LogP contribution in [0.4, 0.5) is 17.5 Å². The second-order valence-corrected chi connectivity index (χ2v) is 5.56. The molecule has 0 fully saturated rings. The largest absolute Gasteiger partial charge is 0.497 e. The number of aromatic nitrogens is 3. The van der Waals surface area contributed by atoms with Crippen molar-refractivity contribution in [3.63, 3.8) is 0 Å². The van der Waals surface area contributed by atoms with Gasteiger partial charge in [0.05, 0.1) is 13.3 Å². The molecule has 26 heavy (non-hydrogen) atoms. The molecule has 2 heterocycles. The maximum Gasteiger partial charge on any atom is 0.249 e. The number of hydrogen-bond acceptors (Lipinski definition) is 8. The molecule has 0 atom stereocenters. The molecule has 0 saturated carbocycles. The summed E-state index contributed by atoms with van der Waals surface area (Å²) in [5.74, 6) is 3.34. The van der Waals surface area contributed by atoms with E-state index >= 15 is 0 Å². The van der Waals surface area contributed by atoms with Crippen LogP contribution in [0.25, 0.3) is 0 Å². The third-order valence-electron chi connectivity index (χ3n) is 3.82. The van der Waals surface area contributed by atoms with Crippen LogP contribution in [0.15, 0.2) is 48.7 Å². The van der Waals surface area contributed by atoms with Crippen molar-refractivity contribution in [3.05, 3.63) is 54.2 Å². The lowest BCUT2D eigenvalue weighted by Gasteiger charge is -2.08. The van der Waals surface area contributed by atoms with E-state index in [-0.39, 0.29) is 6.79 Å². The van der Waals surface area contributed by atoms with Gasteiger partial charge in [0.1, 0.15) is 5.75 Å². The van der Waals surface area contributed by atoms with Gasteiger partial charge in [0.15, 0.2) is 17.3 Å². The predicted molar refractivity (Wildman–Crippen MR) is 96.0 cm³/mol. The van der Waals surface area contributed by atoms with E-state index in [2.05, 4.69) is 25.8 Å². The van der Waals surface area contributed by atoms with Crippen LogP contribution in [-0.4, -0.2) is 29.1 Å². The van der Waals surface area contributed by atoms with Gasteiger partial charge in [0, 0.05) is 12.2 Å². The first-order chi connectivity index (χ1) is 12.8. The minimum Gasteiger partial charge on any atom is -0.497 e. The Hall–Kier alpha value is -3.55. The van der Waals surface area contributed by atoms with E-state index in [1.165, 1.54) is 0 Å². The Labute approximate surface area is 150 Å². The van der Waals surface area contributed by atoms with Crippen LogP contribution >= 0.6 is 0 Å². The Morgan fingerprint density at radius 3 is 2.77 bits per heavy atom. The Kier molecular flexibility index (Phi) is 4.38. The van der Waals surface area contributed by atoms with Gasteiger partial charge in [-0.3, -0.25) is 0 Å². The average Bonchev–Trinajstić information content (AvgIpc) is 3.15. The van der Waals surface area contributed by atoms with Gasteiger partial charge in [-0.1, -0.05) is 6.07 Å². The van der Waals surface area contributed by atoms with Crippen molar-refractivity contribution < 1.29 is 14.2 Å². The third kappa shape index (κ3) is 3.59. The van der Waals surface area contributed by atoms with Gasteiger partial charge < -0.3 is 24.8 Å². The molecule has 1 aliphatic rings. The number of nitrogens with zero attached hydrogens (tertiary/aromatic N) is 3. The maximum atomic E-state index is 5.39. The Morgan fingerprint density at radius 1 is 1.08 bits per heavy atom. The number of nitrogens with one attached hydrogen (secondary N) is 2. The lowest BCUT2D eigenvalue weighted by molar-refractivity contribution is 0.174. The molecule has 0 unspecified atom stereocenters. The smallest absolute Gasteiger partial charge is 0.249 e. The number of fused-ring (bicyclic) bond motifs is 1. The van der Waals surface area contributed by atoms with E-state index in [0.717, 1.165) is 28.5 Å². The highest BCUT2D eigenvalue weighted by atomic mass is 16.7. The van der Waals surface area contributed by atoms with Gasteiger partial charge in [-0.25, -0.2) is 0 Å². The van der Waals surface area contributed by atoms with Gasteiger partial charge in [0.25, 0.3) is 0 Å². The zero-order valence-corrected chi connectivity index (χ0v) is 14.1. The first-order valence-corrected chi connectivity index (χ1v) is 8.03. The van der Waals surface area contributed by atoms with E-state index in [9.17, 15) is 0 Å². The highest BCUT2D eigenvalue weighted by Crippen LogP contribution is 2.32. The van der Waals surface area contributed by atoms with E-state index in [1.807, 2.05) is 42.5 Å². The second-order valence-electron chi connectivity index (χ2n) is 5.56. The number of hydrogen-bond donors (Lipinski definition) is 2. The van der Waals surface area contributed by atoms with Crippen LogP contribution in [0.5, 0.6) is 17.2 Å². The first kappa shape index (κ1) is 15.9. The normalized spacial score (nSPS) is 11.9. The van der Waals surface area contributed by atoms with E-state index in [0.29, 0.717) is 18.3 Å². The molecule has 0 saturated heterocycles. The van der Waals surface area contributed by atoms with E-state index in [1.54, 1.807) is 13.3 Å². The topological polar surface area (TPSA) is 90.4 Å². The van der Waals surface area contributed by atoms with Crippen molar-refractivity contribution in [1.29, 1.82) is 0 Å². The van der Waals surface area contributed by atoms with Crippen LogP contribution in [0.3, 0.4) is 0 Å². The lowest BCUT2D eigenvalue weighted by Crippen LogP contribution is -2.05. The number of anilines is 3. The first-order valence-electron chi connectivity index (χ1n) is 8.03. The van der Waals surface area contributed by atoms with Crippen LogP contribution in [0, 0.1) is 0 Å². The van der Waals surface area contributed by atoms with Gasteiger partial charge in [0.2, 0.25) is 12.7 Å². The molecule has 3 aromatic rings. The summed E-state index contributed by atoms with van der Waals surface area (Å²) in [5.41, 5.74) is 1.90. The average molecular weight is 351 g/mol. The van der Waals surface area contributed by atoms with Crippen molar-refractivity contribution in [2.45, 2.75) is 6.54 Å². The molecule has 0 amide bonds. The SMILES string of the molecule is COc1ccc(Nc2nncc(NCc3ccc4c(c3)OCO4)n2)cc1. The summed E-state index contributed by atoms with van der Waals surface area (Å²) in [5, 5.41) is 14.3. The van der Waals surface area contributed by atoms with Gasteiger partial charge >= 0.3 is 0 Å². The fourth-order valence-electron chi connectivity index (χ4n) is 2.49. The summed E-state index contributed by atoms with van der Waals surface area (Å²) in [6, 6.07) is 13.3. The molecule has 0 bridgehead atoms. The van der Waals surface area contributed by atoms with Crippen molar-refractivity contribution >= 4 is 17.5 Å². The van der Waals surface area contributed by atoms with Crippen LogP contribution in [0.1, 0.15) is 5.56 Å². The Bertz CT molecular complexity index is 902. The van der Waals surface area contributed by atoms with Gasteiger partial charge in [-0.05, 0) is 42.0 Å². The van der Waals surface area contributed by atoms with E-state index in [4.69, 9.17) is 14.2 Å². The molecule has 0 spiro atoms. The molecule has 1 aromatic heterocycles. The minimum absolute atomic E-state index is 0.266. The summed E-state index contributed by atoms with van der Waals surface area (Å²) < 4.78 is 15.8. The molecular formula is C18H17N5O3. The third-order valence-corrected chi connectivity index (χ3v) is 3.82. The quantitative estimate of drug-likeness (QED) is 0.700. The zero-order chi connectivity index (χ0) is 17.8. The molecule has 1 aliphatic heterocycles. The fraction of sp³-hybridized carbons (Fsp3) is 0.167. The van der Waals surface area contributed by atoms with Crippen LogP contribution in [-0.2, 0) is 6.54 Å². The summed E-state index contributed by atoms with van der Waals surface area (Å²) >= 11 is 0. The number of rotatable bonds is 6. The highest BCUT2D eigenvalue weighted by Gasteiger charge is 2.13. The summed E-state index contributed by atoms with van der Waals surface area (Å²) in [7, 11) is 1.63. The van der Waals surface area contributed by atoms with Crippen LogP contribution in [0.2, 0.25) is 0 Å². The molecule has 4 rings (SSSR count). The maximum absolute atomic E-state index is 5.39. The van der Waals surface area contributed by atoms with Crippen molar-refractivity contribution in [3.8, 4) is 17.2 Å². The fourth-order valence-corrected chi connectivity index (χ4v) is 2.49. The van der Waals surface area contributed by atoms with Crippen molar-refractivity contribution in [1.82, 2.24) is 15.2 Å². The lowest BCUT2D eigenvalue weighted by atomic mass is 10.2. The number of benzene rings is 2. The summed E-state index contributed by atoms with van der Waals surface area (Å²) in [6.45, 7) is 0.847. The molecule has 0 radical (unpaired) electrons. The molecular weight excluding hydrogens is 334 g/mol. The molecule has 2 N–H and O–H groups in total. The molecule has 8 nitrogen and oxygen atoms in total. The molecule has 132 valence electrons. The zero-order valence-electron chi connectivity index (χ0n) is 14.1. The van der Waals surface area contributed by atoms with Crippen molar-refractivity contribution in [2.75, 3.05) is 24.5 Å². The number of methoxy groups -OCH3 is 1. The second kappa shape index (κ2) is 7.14. The van der Waals surface area contributed by atoms with Crippen molar-refractivity contribution in [2.24, 2.45) is 0 Å². The van der Waals surface area contributed by atoms with E-state index < -0.39 is 0 Å². The predicted octanol–water partition coefficient (Wildman–Crippen LogP) is 2.96. The van der Waals surface area contributed by atoms with Gasteiger partial charge in [-0.15, -0.1) is 5.10 Å². The highest BCUT2D eigenvalue weighted by molar-refractivity contribution is 5.55. The number of ether oxygens (including phenoxy) is 3. The van der Waals surface area contributed by atoms with Gasteiger partial charge in [-0.2, -0.15) is 10.1 Å². The minimum atomic E-state index is 0.266. The Morgan fingerprint density at radius 2 is 1.92 bits per heavy atom. The standard InChI is InChI=1S/C18H17N5O3/c1-24-14-5-3-13(4-6-14)21-18-22-17(10-20-23-18)19-9-12-2-7-15-16(8-12)26-11-25-15/h2-8,10H,9,11H2,1H3,(H2,19,21,22,23). The summed E-state index contributed by atoms with van der Waals surface area (Å²) in [6.07, 6.45) is 1.58. The molecule has 0 aliphatic carbocycles. The molecule has 8 heteroatoms.